The molecule has 2 rings (SSSR count). The average Bonchev–Trinajstić information content (AvgIpc) is 2.76. The average molecular weight is 275 g/mol. The quantitative estimate of drug-likeness (QED) is 0.891. The van der Waals surface area contributed by atoms with Crippen molar-refractivity contribution in [1.29, 1.82) is 0 Å². The first-order chi connectivity index (χ1) is 9.54. The van der Waals surface area contributed by atoms with E-state index in [0.717, 1.165) is 18.5 Å². The Bertz CT molecular complexity index is 446. The third-order valence-corrected chi connectivity index (χ3v) is 3.82. The fourth-order valence-electron chi connectivity index (χ4n) is 2.92. The summed E-state index contributed by atoms with van der Waals surface area (Å²) in [7, 11) is 4.08. The third-order valence-electron chi connectivity index (χ3n) is 3.82. The van der Waals surface area contributed by atoms with Crippen molar-refractivity contribution >= 4 is 5.91 Å². The molecular formula is C16H25N3O. The number of hydrogen-bond acceptors (Lipinski definition) is 3. The second-order valence-corrected chi connectivity index (χ2v) is 5.80. The number of hydrogen-bond donors (Lipinski definition) is 1. The van der Waals surface area contributed by atoms with Gasteiger partial charge in [-0.3, -0.25) is 10.1 Å². The van der Waals surface area contributed by atoms with Crippen molar-refractivity contribution in [3.8, 4) is 0 Å². The summed E-state index contributed by atoms with van der Waals surface area (Å²) < 4.78 is 0. The number of benzene rings is 1. The Balaban J connectivity index is 2.26. The monoisotopic (exact) mass is 275 g/mol. The number of rotatable bonds is 5. The minimum Gasteiger partial charge on any atom is -0.318 e. The first-order valence-corrected chi connectivity index (χ1v) is 7.32. The van der Waals surface area contributed by atoms with Gasteiger partial charge in [-0.05, 0) is 33.0 Å². The number of carbonyl (C=O) groups is 1. The van der Waals surface area contributed by atoms with Crippen molar-refractivity contribution in [2.24, 2.45) is 0 Å². The zero-order valence-electron chi connectivity index (χ0n) is 12.8. The summed E-state index contributed by atoms with van der Waals surface area (Å²) in [5.41, 5.74) is 1.16. The number of nitrogens with zero attached hydrogens (tertiary/aromatic N) is 2. The van der Waals surface area contributed by atoms with Crippen LogP contribution in [-0.4, -0.2) is 48.4 Å². The Morgan fingerprint density at radius 2 is 1.95 bits per heavy atom. The molecule has 3 unspecified atom stereocenters. The summed E-state index contributed by atoms with van der Waals surface area (Å²) in [6, 6.07) is 10.3. The van der Waals surface area contributed by atoms with Gasteiger partial charge in [-0.15, -0.1) is 0 Å². The normalized spacial score (nSPS) is 24.4. The number of nitrogens with one attached hydrogen (secondary N) is 1. The van der Waals surface area contributed by atoms with Crippen LogP contribution in [0.15, 0.2) is 30.3 Å². The van der Waals surface area contributed by atoms with Crippen LogP contribution in [0, 0.1) is 0 Å². The molecule has 0 spiro atoms. The molecular weight excluding hydrogens is 250 g/mol. The zero-order valence-corrected chi connectivity index (χ0v) is 12.8. The van der Waals surface area contributed by atoms with E-state index in [-0.39, 0.29) is 24.2 Å². The summed E-state index contributed by atoms with van der Waals surface area (Å²) in [6.07, 6.45) is 0.816. The topological polar surface area (TPSA) is 35.6 Å². The Hall–Kier alpha value is -1.39. The lowest BCUT2D eigenvalue weighted by Gasteiger charge is -2.32. The van der Waals surface area contributed by atoms with Crippen LogP contribution in [0.3, 0.4) is 0 Å². The van der Waals surface area contributed by atoms with E-state index in [1.165, 1.54) is 0 Å². The predicted molar refractivity (Wildman–Crippen MR) is 81.3 cm³/mol. The second kappa shape index (κ2) is 6.37. The fourth-order valence-corrected chi connectivity index (χ4v) is 2.92. The van der Waals surface area contributed by atoms with Gasteiger partial charge >= 0.3 is 0 Å². The summed E-state index contributed by atoms with van der Waals surface area (Å²) in [4.78, 5) is 16.7. The van der Waals surface area contributed by atoms with E-state index < -0.39 is 0 Å². The van der Waals surface area contributed by atoms with Gasteiger partial charge in [0.15, 0.2) is 0 Å². The molecule has 0 radical (unpaired) electrons. The molecule has 1 aliphatic heterocycles. The molecule has 1 N–H and O–H groups in total. The van der Waals surface area contributed by atoms with Crippen molar-refractivity contribution < 1.29 is 4.79 Å². The van der Waals surface area contributed by atoms with Gasteiger partial charge in [0.25, 0.3) is 0 Å². The molecule has 0 bridgehead atoms. The second-order valence-electron chi connectivity index (χ2n) is 5.80. The molecule has 110 valence electrons. The molecule has 1 fully saturated rings. The minimum absolute atomic E-state index is 0.0106. The highest BCUT2D eigenvalue weighted by atomic mass is 16.2. The van der Waals surface area contributed by atoms with Gasteiger partial charge < -0.3 is 9.80 Å². The van der Waals surface area contributed by atoms with Crippen LogP contribution in [0.4, 0.5) is 0 Å². The van der Waals surface area contributed by atoms with E-state index in [0.29, 0.717) is 0 Å². The highest BCUT2D eigenvalue weighted by Gasteiger charge is 2.40. The molecule has 1 aliphatic rings. The molecule has 1 heterocycles. The van der Waals surface area contributed by atoms with Crippen molar-refractivity contribution in [2.75, 3.05) is 20.6 Å². The molecule has 4 heteroatoms. The standard InChI is InChI=1S/C16H25N3O/c1-5-14-16(20)19(12(2)11-18(3)4)15(17-14)13-9-7-6-8-10-13/h6-10,12,14-15,17H,5,11H2,1-4H3. The maximum absolute atomic E-state index is 12.6. The van der Waals surface area contributed by atoms with Gasteiger partial charge in [0.1, 0.15) is 6.17 Å². The van der Waals surface area contributed by atoms with Crippen LogP contribution in [-0.2, 0) is 4.79 Å². The van der Waals surface area contributed by atoms with E-state index in [2.05, 4.69) is 36.2 Å². The SMILES string of the molecule is CCC1NC(c2ccccc2)N(C(C)CN(C)C)C1=O. The number of carbonyl (C=O) groups excluding carboxylic acids is 1. The summed E-state index contributed by atoms with van der Waals surface area (Å²) >= 11 is 0. The van der Waals surface area contributed by atoms with Gasteiger partial charge in [0.2, 0.25) is 5.91 Å². The van der Waals surface area contributed by atoms with Crippen LogP contribution in [0.25, 0.3) is 0 Å². The number of amides is 1. The van der Waals surface area contributed by atoms with Crippen LogP contribution < -0.4 is 5.32 Å². The van der Waals surface area contributed by atoms with Gasteiger partial charge in [-0.1, -0.05) is 37.3 Å². The van der Waals surface area contributed by atoms with Gasteiger partial charge in [-0.2, -0.15) is 0 Å². The highest BCUT2D eigenvalue weighted by molar-refractivity contribution is 5.84. The van der Waals surface area contributed by atoms with Crippen molar-refractivity contribution in [3.63, 3.8) is 0 Å². The van der Waals surface area contributed by atoms with E-state index in [9.17, 15) is 4.79 Å². The molecule has 0 aromatic heterocycles. The Morgan fingerprint density at radius 1 is 1.30 bits per heavy atom. The zero-order chi connectivity index (χ0) is 14.7. The molecule has 1 aromatic rings. The van der Waals surface area contributed by atoms with E-state index in [1.54, 1.807) is 0 Å². The first-order valence-electron chi connectivity index (χ1n) is 7.32. The molecule has 3 atom stereocenters. The first kappa shape index (κ1) is 15.0. The lowest BCUT2D eigenvalue weighted by Crippen LogP contribution is -2.43. The van der Waals surface area contributed by atoms with Crippen molar-refractivity contribution in [3.05, 3.63) is 35.9 Å². The van der Waals surface area contributed by atoms with Crippen LogP contribution in [0.1, 0.15) is 32.0 Å². The molecule has 0 aliphatic carbocycles. The molecule has 0 saturated carbocycles. The maximum Gasteiger partial charge on any atom is 0.241 e. The Morgan fingerprint density at radius 3 is 2.50 bits per heavy atom. The summed E-state index contributed by atoms with van der Waals surface area (Å²) in [6.45, 7) is 5.04. The van der Waals surface area contributed by atoms with E-state index in [4.69, 9.17) is 0 Å². The minimum atomic E-state index is -0.0650. The van der Waals surface area contributed by atoms with E-state index >= 15 is 0 Å². The molecule has 4 nitrogen and oxygen atoms in total. The smallest absolute Gasteiger partial charge is 0.241 e. The van der Waals surface area contributed by atoms with Gasteiger partial charge in [0, 0.05) is 12.6 Å². The largest absolute Gasteiger partial charge is 0.318 e. The maximum atomic E-state index is 12.6. The third kappa shape index (κ3) is 3.02. The van der Waals surface area contributed by atoms with Crippen molar-refractivity contribution in [2.45, 2.75) is 38.5 Å². The van der Waals surface area contributed by atoms with Gasteiger partial charge in [-0.25, -0.2) is 0 Å². The highest BCUT2D eigenvalue weighted by Crippen LogP contribution is 2.28. The molecule has 20 heavy (non-hydrogen) atoms. The van der Waals surface area contributed by atoms with Crippen LogP contribution >= 0.6 is 0 Å². The summed E-state index contributed by atoms with van der Waals surface area (Å²) in [5.74, 6) is 0.218. The van der Waals surface area contributed by atoms with Crippen molar-refractivity contribution in [1.82, 2.24) is 15.1 Å². The van der Waals surface area contributed by atoms with E-state index in [1.807, 2.05) is 37.2 Å². The lowest BCUT2D eigenvalue weighted by atomic mass is 10.1. The molecule has 1 amide bonds. The molecule has 1 saturated heterocycles. The number of likely N-dealkylation sites (N-methyl/N-ethyl adjacent to an activating group) is 1. The Kier molecular flexibility index (Phi) is 4.78. The fraction of sp³-hybridized carbons (Fsp3) is 0.562. The Labute approximate surface area is 121 Å². The predicted octanol–water partition coefficient (Wildman–Crippen LogP) is 1.85. The molecule has 1 aromatic carbocycles. The van der Waals surface area contributed by atoms with Gasteiger partial charge in [0.05, 0.1) is 6.04 Å². The van der Waals surface area contributed by atoms with Crippen LogP contribution in [0.2, 0.25) is 0 Å². The summed E-state index contributed by atoms with van der Waals surface area (Å²) in [5, 5.41) is 3.47. The van der Waals surface area contributed by atoms with Crippen LogP contribution in [0.5, 0.6) is 0 Å². The lowest BCUT2D eigenvalue weighted by molar-refractivity contribution is -0.132.